The van der Waals surface area contributed by atoms with Crippen molar-refractivity contribution in [1.29, 1.82) is 0 Å². The third-order valence-electron chi connectivity index (χ3n) is 5.97. The molecule has 0 radical (unpaired) electrons. The average Bonchev–Trinajstić information content (AvgIpc) is 2.91. The van der Waals surface area contributed by atoms with Crippen LogP contribution in [-0.2, 0) is 16.0 Å². The summed E-state index contributed by atoms with van der Waals surface area (Å²) in [6.45, 7) is 2.67. The summed E-state index contributed by atoms with van der Waals surface area (Å²) in [6, 6.07) is 8.30. The highest BCUT2D eigenvalue weighted by Gasteiger charge is 2.26. The second-order valence-electron chi connectivity index (χ2n) is 7.84. The van der Waals surface area contributed by atoms with E-state index in [0.717, 1.165) is 63.9 Å². The van der Waals surface area contributed by atoms with Crippen molar-refractivity contribution >= 4 is 11.8 Å². The lowest BCUT2D eigenvalue weighted by Gasteiger charge is -2.33. The van der Waals surface area contributed by atoms with Gasteiger partial charge in [-0.05, 0) is 62.1 Å². The minimum atomic E-state index is 0.124. The Labute approximate surface area is 162 Å². The first-order chi connectivity index (χ1) is 13.2. The number of ether oxygens (including phenoxy) is 1. The maximum absolute atomic E-state index is 12.6. The zero-order valence-corrected chi connectivity index (χ0v) is 16.5. The van der Waals surface area contributed by atoms with Gasteiger partial charge < -0.3 is 14.5 Å². The first kappa shape index (κ1) is 19.7. The van der Waals surface area contributed by atoms with Crippen LogP contribution in [0.5, 0.6) is 5.75 Å². The first-order valence-electron chi connectivity index (χ1n) is 10.3. The third-order valence-corrected chi connectivity index (χ3v) is 5.97. The van der Waals surface area contributed by atoms with Gasteiger partial charge in [0.15, 0.2) is 0 Å². The van der Waals surface area contributed by atoms with Crippen LogP contribution in [0, 0.1) is 5.92 Å². The topological polar surface area (TPSA) is 49.9 Å². The van der Waals surface area contributed by atoms with Crippen molar-refractivity contribution < 1.29 is 14.3 Å². The molecule has 1 aromatic carbocycles. The van der Waals surface area contributed by atoms with Crippen molar-refractivity contribution in [3.63, 3.8) is 0 Å². The van der Waals surface area contributed by atoms with Crippen molar-refractivity contribution in [2.24, 2.45) is 5.92 Å². The van der Waals surface area contributed by atoms with Crippen molar-refractivity contribution in [2.75, 3.05) is 33.3 Å². The predicted molar refractivity (Wildman–Crippen MR) is 106 cm³/mol. The molecule has 2 aliphatic rings. The van der Waals surface area contributed by atoms with E-state index in [4.69, 9.17) is 4.74 Å². The lowest BCUT2D eigenvalue weighted by molar-refractivity contribution is -0.141. The summed E-state index contributed by atoms with van der Waals surface area (Å²) >= 11 is 0. The van der Waals surface area contributed by atoms with Gasteiger partial charge in [-0.2, -0.15) is 0 Å². The molecular formula is C22H32N2O3. The highest BCUT2D eigenvalue weighted by Crippen LogP contribution is 2.23. The molecule has 0 saturated carbocycles. The van der Waals surface area contributed by atoms with Crippen LogP contribution in [0.1, 0.15) is 50.5 Å². The third kappa shape index (κ3) is 5.72. The van der Waals surface area contributed by atoms with Crippen LogP contribution in [0.25, 0.3) is 0 Å². The number of carbonyl (C=O) groups is 2. The zero-order chi connectivity index (χ0) is 19.1. The molecule has 5 nitrogen and oxygen atoms in total. The molecule has 0 aliphatic carbocycles. The Kier molecular flexibility index (Phi) is 7.13. The van der Waals surface area contributed by atoms with Gasteiger partial charge in [-0.25, -0.2) is 0 Å². The molecule has 2 heterocycles. The fraction of sp³-hybridized carbons (Fsp3) is 0.636. The number of nitrogens with zero attached hydrogens (tertiary/aromatic N) is 2. The fourth-order valence-corrected chi connectivity index (χ4v) is 4.10. The van der Waals surface area contributed by atoms with Crippen LogP contribution < -0.4 is 4.74 Å². The minimum absolute atomic E-state index is 0.124. The Hall–Kier alpha value is -2.04. The molecule has 27 heavy (non-hydrogen) atoms. The fourth-order valence-electron chi connectivity index (χ4n) is 4.10. The number of piperidine rings is 1. The Morgan fingerprint density at radius 3 is 2.52 bits per heavy atom. The quantitative estimate of drug-likeness (QED) is 0.770. The van der Waals surface area contributed by atoms with E-state index in [-0.39, 0.29) is 18.4 Å². The van der Waals surface area contributed by atoms with E-state index < -0.39 is 0 Å². The summed E-state index contributed by atoms with van der Waals surface area (Å²) in [7, 11) is 1.69. The second kappa shape index (κ2) is 9.77. The van der Waals surface area contributed by atoms with Crippen molar-refractivity contribution in [2.45, 2.75) is 51.4 Å². The summed E-state index contributed by atoms with van der Waals surface area (Å²) in [4.78, 5) is 28.4. The lowest BCUT2D eigenvalue weighted by atomic mass is 9.90. The van der Waals surface area contributed by atoms with Gasteiger partial charge in [-0.1, -0.05) is 18.6 Å². The molecule has 0 unspecified atom stereocenters. The Balaban J connectivity index is 1.40. The molecule has 1 aromatic rings. The lowest BCUT2D eigenvalue weighted by Crippen LogP contribution is -2.45. The summed E-state index contributed by atoms with van der Waals surface area (Å²) in [6.07, 6.45) is 8.04. The zero-order valence-electron chi connectivity index (χ0n) is 16.5. The molecule has 0 atom stereocenters. The predicted octanol–water partition coefficient (Wildman–Crippen LogP) is 3.27. The number of aryl methyl sites for hydroxylation is 1. The van der Waals surface area contributed by atoms with Gasteiger partial charge >= 0.3 is 0 Å². The second-order valence-corrected chi connectivity index (χ2v) is 7.84. The van der Waals surface area contributed by atoms with E-state index in [0.29, 0.717) is 12.3 Å². The highest BCUT2D eigenvalue weighted by molar-refractivity contribution is 5.85. The van der Waals surface area contributed by atoms with Crippen LogP contribution in [0.3, 0.4) is 0 Å². The molecule has 3 rings (SSSR count). The minimum Gasteiger partial charge on any atom is -0.497 e. The van der Waals surface area contributed by atoms with E-state index in [9.17, 15) is 9.59 Å². The number of amides is 2. The Bertz CT molecular complexity index is 621. The van der Waals surface area contributed by atoms with Crippen LogP contribution in [0.15, 0.2) is 24.3 Å². The first-order valence-corrected chi connectivity index (χ1v) is 10.3. The molecule has 0 spiro atoms. The average molecular weight is 373 g/mol. The molecule has 5 heteroatoms. The summed E-state index contributed by atoms with van der Waals surface area (Å²) in [5, 5.41) is 0. The maximum Gasteiger partial charge on any atom is 0.242 e. The Morgan fingerprint density at radius 2 is 1.81 bits per heavy atom. The summed E-state index contributed by atoms with van der Waals surface area (Å²) in [5.41, 5.74) is 1.34. The SMILES string of the molecule is COc1ccc(CCC2CCN(C(=O)CN3CCCCCC3=O)CC2)cc1. The van der Waals surface area contributed by atoms with Gasteiger partial charge in [0.1, 0.15) is 5.75 Å². The van der Waals surface area contributed by atoms with Gasteiger partial charge in [0.25, 0.3) is 0 Å². The molecule has 2 fully saturated rings. The van der Waals surface area contributed by atoms with Gasteiger partial charge in [0, 0.05) is 26.1 Å². The number of hydrogen-bond acceptors (Lipinski definition) is 3. The van der Waals surface area contributed by atoms with Crippen molar-refractivity contribution in [1.82, 2.24) is 9.80 Å². The molecule has 2 amide bonds. The monoisotopic (exact) mass is 372 g/mol. The van der Waals surface area contributed by atoms with Gasteiger partial charge in [0.05, 0.1) is 13.7 Å². The van der Waals surface area contributed by atoms with Crippen LogP contribution in [-0.4, -0.2) is 54.9 Å². The van der Waals surface area contributed by atoms with Crippen molar-refractivity contribution in [3.8, 4) is 5.75 Å². The number of carbonyl (C=O) groups excluding carboxylic acids is 2. The number of hydrogen-bond donors (Lipinski definition) is 0. The van der Waals surface area contributed by atoms with Crippen LogP contribution >= 0.6 is 0 Å². The largest absolute Gasteiger partial charge is 0.497 e. The molecule has 0 N–H and O–H groups in total. The van der Waals surface area contributed by atoms with Crippen molar-refractivity contribution in [3.05, 3.63) is 29.8 Å². The smallest absolute Gasteiger partial charge is 0.242 e. The molecular weight excluding hydrogens is 340 g/mol. The molecule has 2 saturated heterocycles. The normalized spacial score (nSPS) is 19.1. The molecule has 0 bridgehead atoms. The van der Waals surface area contributed by atoms with Gasteiger partial charge in [-0.3, -0.25) is 9.59 Å². The van der Waals surface area contributed by atoms with Crippen LogP contribution in [0.2, 0.25) is 0 Å². The molecule has 148 valence electrons. The van der Waals surface area contributed by atoms with E-state index in [1.807, 2.05) is 17.0 Å². The van der Waals surface area contributed by atoms with E-state index in [1.54, 1.807) is 12.0 Å². The number of benzene rings is 1. The maximum atomic E-state index is 12.6. The van der Waals surface area contributed by atoms with Crippen LogP contribution in [0.4, 0.5) is 0 Å². The van der Waals surface area contributed by atoms with Gasteiger partial charge in [-0.15, -0.1) is 0 Å². The number of rotatable bonds is 6. The molecule has 2 aliphatic heterocycles. The van der Waals surface area contributed by atoms with E-state index >= 15 is 0 Å². The van der Waals surface area contributed by atoms with E-state index in [1.165, 1.54) is 12.0 Å². The van der Waals surface area contributed by atoms with Gasteiger partial charge in [0.2, 0.25) is 11.8 Å². The highest BCUT2D eigenvalue weighted by atomic mass is 16.5. The Morgan fingerprint density at radius 1 is 1.07 bits per heavy atom. The number of likely N-dealkylation sites (tertiary alicyclic amines) is 2. The van der Waals surface area contributed by atoms with E-state index in [2.05, 4.69) is 12.1 Å². The summed E-state index contributed by atoms with van der Waals surface area (Å²) in [5.74, 6) is 1.85. The molecule has 0 aromatic heterocycles. The number of methoxy groups -OCH3 is 1. The standard InChI is InChI=1S/C22H32N2O3/c1-27-20-10-8-18(9-11-20)6-7-19-12-15-23(16-13-19)22(26)17-24-14-4-2-3-5-21(24)25/h8-11,19H,2-7,12-17H2,1H3. The summed E-state index contributed by atoms with van der Waals surface area (Å²) < 4.78 is 5.20.